The highest BCUT2D eigenvalue weighted by molar-refractivity contribution is 9.10. The van der Waals surface area contributed by atoms with Gasteiger partial charge >= 0.3 is 0 Å². The number of hydrogen-bond acceptors (Lipinski definition) is 3. The lowest BCUT2D eigenvalue weighted by atomic mass is 9.88. The van der Waals surface area contributed by atoms with Gasteiger partial charge in [-0.1, -0.05) is 33.6 Å². The molecule has 0 bridgehead atoms. The lowest BCUT2D eigenvalue weighted by molar-refractivity contribution is 0.0538. The number of rotatable bonds is 4. The van der Waals surface area contributed by atoms with Crippen LogP contribution in [0.15, 0.2) is 22.7 Å². The molecule has 1 aliphatic heterocycles. The summed E-state index contributed by atoms with van der Waals surface area (Å²) in [6, 6.07) is 6.25. The van der Waals surface area contributed by atoms with E-state index in [1.165, 1.54) is 0 Å². The van der Waals surface area contributed by atoms with E-state index in [4.69, 9.17) is 22.2 Å². The van der Waals surface area contributed by atoms with E-state index in [1.807, 2.05) is 12.1 Å². The molecule has 1 aromatic rings. The quantitative estimate of drug-likeness (QED) is 0.658. The Morgan fingerprint density at radius 1 is 1.44 bits per heavy atom. The second kappa shape index (κ2) is 6.87. The minimum absolute atomic E-state index is 0.257. The number of hydrazine groups is 1. The Labute approximate surface area is 121 Å². The fraction of sp³-hybridized carbons (Fsp3) is 0.538. The molecule has 1 fully saturated rings. The van der Waals surface area contributed by atoms with E-state index in [9.17, 15) is 0 Å². The molecule has 0 radical (unpaired) electrons. The average molecular weight is 334 g/mol. The van der Waals surface area contributed by atoms with Gasteiger partial charge in [0.15, 0.2) is 0 Å². The summed E-state index contributed by atoms with van der Waals surface area (Å²) in [4.78, 5) is 0. The Hall–Kier alpha value is -0.130. The van der Waals surface area contributed by atoms with Crippen LogP contribution in [0.5, 0.6) is 0 Å². The lowest BCUT2D eigenvalue weighted by Crippen LogP contribution is -2.44. The van der Waals surface area contributed by atoms with Crippen LogP contribution in [0.2, 0.25) is 5.02 Å². The zero-order chi connectivity index (χ0) is 13.0. The Kier molecular flexibility index (Phi) is 5.45. The van der Waals surface area contributed by atoms with Gasteiger partial charge in [-0.3, -0.25) is 11.3 Å². The predicted molar refractivity (Wildman–Crippen MR) is 77.5 cm³/mol. The van der Waals surface area contributed by atoms with Gasteiger partial charge in [-0.05, 0) is 42.9 Å². The maximum Gasteiger partial charge on any atom is 0.0469 e. The van der Waals surface area contributed by atoms with E-state index in [0.717, 1.165) is 47.5 Å². The molecule has 1 unspecified atom stereocenters. The number of benzene rings is 1. The molecule has 1 atom stereocenters. The summed E-state index contributed by atoms with van der Waals surface area (Å²) in [7, 11) is 0. The molecule has 1 aliphatic rings. The first kappa shape index (κ1) is 14.3. The van der Waals surface area contributed by atoms with E-state index < -0.39 is 0 Å². The van der Waals surface area contributed by atoms with Crippen LogP contribution >= 0.6 is 27.5 Å². The maximum atomic E-state index is 6.25. The van der Waals surface area contributed by atoms with Gasteiger partial charge in [-0.2, -0.15) is 0 Å². The highest BCUT2D eigenvalue weighted by Gasteiger charge is 2.23. The van der Waals surface area contributed by atoms with E-state index in [-0.39, 0.29) is 6.04 Å². The minimum atomic E-state index is 0.257. The first-order chi connectivity index (χ1) is 8.70. The number of hydrogen-bond donors (Lipinski definition) is 2. The number of nitrogens with one attached hydrogen (secondary N) is 1. The molecule has 0 amide bonds. The molecule has 2 rings (SSSR count). The summed E-state index contributed by atoms with van der Waals surface area (Å²) in [6.07, 6.45) is 2.97. The summed E-state index contributed by atoms with van der Waals surface area (Å²) in [5.41, 5.74) is 4.07. The fourth-order valence-corrected chi connectivity index (χ4v) is 3.15. The van der Waals surface area contributed by atoms with Gasteiger partial charge in [0, 0.05) is 28.8 Å². The zero-order valence-electron chi connectivity index (χ0n) is 10.2. The standard InChI is InChI=1S/C13H18BrClN2O/c14-11-2-1-10(12(15)8-11)7-13(17-16)9-3-5-18-6-4-9/h1-2,8-9,13,17H,3-7,16H2. The van der Waals surface area contributed by atoms with Crippen LogP contribution in [-0.4, -0.2) is 19.3 Å². The van der Waals surface area contributed by atoms with E-state index >= 15 is 0 Å². The van der Waals surface area contributed by atoms with E-state index in [2.05, 4.69) is 27.4 Å². The largest absolute Gasteiger partial charge is 0.381 e. The third-order valence-electron chi connectivity index (χ3n) is 3.50. The molecule has 0 aromatic heterocycles. The molecule has 1 heterocycles. The number of halogens is 2. The summed E-state index contributed by atoms with van der Waals surface area (Å²) < 4.78 is 6.38. The topological polar surface area (TPSA) is 47.3 Å². The van der Waals surface area contributed by atoms with Crippen molar-refractivity contribution < 1.29 is 4.74 Å². The van der Waals surface area contributed by atoms with Gasteiger partial charge in [0.25, 0.3) is 0 Å². The molecule has 0 saturated carbocycles. The van der Waals surface area contributed by atoms with Gasteiger partial charge in [0.2, 0.25) is 0 Å². The first-order valence-electron chi connectivity index (χ1n) is 6.18. The third-order valence-corrected chi connectivity index (χ3v) is 4.35. The van der Waals surface area contributed by atoms with Crippen molar-refractivity contribution in [2.24, 2.45) is 11.8 Å². The SMILES string of the molecule is NNC(Cc1ccc(Br)cc1Cl)C1CCOCC1. The average Bonchev–Trinajstić information content (AvgIpc) is 2.39. The van der Waals surface area contributed by atoms with Crippen molar-refractivity contribution in [2.75, 3.05) is 13.2 Å². The maximum absolute atomic E-state index is 6.25. The van der Waals surface area contributed by atoms with Gasteiger partial charge in [-0.15, -0.1) is 0 Å². The van der Waals surface area contributed by atoms with Crippen LogP contribution < -0.4 is 11.3 Å². The monoisotopic (exact) mass is 332 g/mol. The molecular weight excluding hydrogens is 316 g/mol. The van der Waals surface area contributed by atoms with Gasteiger partial charge < -0.3 is 4.74 Å². The van der Waals surface area contributed by atoms with Crippen LogP contribution in [0.1, 0.15) is 18.4 Å². The van der Waals surface area contributed by atoms with Crippen molar-refractivity contribution in [3.05, 3.63) is 33.3 Å². The van der Waals surface area contributed by atoms with Crippen LogP contribution in [0, 0.1) is 5.92 Å². The van der Waals surface area contributed by atoms with Crippen molar-refractivity contribution in [2.45, 2.75) is 25.3 Å². The fourth-order valence-electron chi connectivity index (χ4n) is 2.40. The van der Waals surface area contributed by atoms with Crippen LogP contribution in [0.25, 0.3) is 0 Å². The second-order valence-electron chi connectivity index (χ2n) is 4.66. The molecule has 3 nitrogen and oxygen atoms in total. The van der Waals surface area contributed by atoms with Crippen molar-refractivity contribution in [3.8, 4) is 0 Å². The second-order valence-corrected chi connectivity index (χ2v) is 5.99. The summed E-state index contributed by atoms with van der Waals surface area (Å²) in [5, 5.41) is 0.789. The molecule has 1 saturated heterocycles. The van der Waals surface area contributed by atoms with Gasteiger partial charge in [0.1, 0.15) is 0 Å². The highest BCUT2D eigenvalue weighted by Crippen LogP contribution is 2.26. The summed E-state index contributed by atoms with van der Waals surface area (Å²) in [6.45, 7) is 1.66. The highest BCUT2D eigenvalue weighted by atomic mass is 79.9. The van der Waals surface area contributed by atoms with Crippen molar-refractivity contribution in [3.63, 3.8) is 0 Å². The van der Waals surface area contributed by atoms with Crippen molar-refractivity contribution >= 4 is 27.5 Å². The van der Waals surface area contributed by atoms with Crippen molar-refractivity contribution in [1.82, 2.24) is 5.43 Å². The molecule has 100 valence electrons. The first-order valence-corrected chi connectivity index (χ1v) is 7.35. The third kappa shape index (κ3) is 3.68. The lowest BCUT2D eigenvalue weighted by Gasteiger charge is -2.30. The minimum Gasteiger partial charge on any atom is -0.381 e. The van der Waals surface area contributed by atoms with E-state index in [1.54, 1.807) is 0 Å². The Bertz CT molecular complexity index is 397. The Balaban J connectivity index is 2.04. The van der Waals surface area contributed by atoms with Gasteiger partial charge in [-0.25, -0.2) is 0 Å². The van der Waals surface area contributed by atoms with Crippen molar-refractivity contribution in [1.29, 1.82) is 0 Å². The Morgan fingerprint density at radius 3 is 2.78 bits per heavy atom. The van der Waals surface area contributed by atoms with Gasteiger partial charge in [0.05, 0.1) is 0 Å². The van der Waals surface area contributed by atoms with E-state index in [0.29, 0.717) is 5.92 Å². The molecule has 5 heteroatoms. The van der Waals surface area contributed by atoms with Crippen LogP contribution in [-0.2, 0) is 11.2 Å². The Morgan fingerprint density at radius 2 is 2.17 bits per heavy atom. The normalized spacial score (nSPS) is 18.8. The molecular formula is C13H18BrClN2O. The number of nitrogens with two attached hydrogens (primary N) is 1. The smallest absolute Gasteiger partial charge is 0.0469 e. The molecule has 0 spiro atoms. The number of ether oxygens (including phenoxy) is 1. The molecule has 18 heavy (non-hydrogen) atoms. The predicted octanol–water partition coefficient (Wildman–Crippen LogP) is 2.90. The van der Waals surface area contributed by atoms with Crippen LogP contribution in [0.3, 0.4) is 0 Å². The molecule has 3 N–H and O–H groups in total. The zero-order valence-corrected chi connectivity index (χ0v) is 12.5. The molecule has 0 aliphatic carbocycles. The van der Waals surface area contributed by atoms with Crippen LogP contribution in [0.4, 0.5) is 0 Å². The molecule has 1 aromatic carbocycles. The summed E-state index contributed by atoms with van der Waals surface area (Å²) >= 11 is 9.66. The summed E-state index contributed by atoms with van der Waals surface area (Å²) in [5.74, 6) is 6.25.